The third-order valence-corrected chi connectivity index (χ3v) is 6.43. The maximum absolute atomic E-state index is 10.6. The van der Waals surface area contributed by atoms with E-state index >= 15 is 0 Å². The molecule has 3 atom stereocenters. The fourth-order valence-electron chi connectivity index (χ4n) is 4.71. The van der Waals surface area contributed by atoms with Crippen molar-refractivity contribution in [1.82, 2.24) is 19.6 Å². The summed E-state index contributed by atoms with van der Waals surface area (Å²) in [6.07, 6.45) is -5.53. The van der Waals surface area contributed by atoms with E-state index < -0.39 is 24.3 Å². The Labute approximate surface area is 210 Å². The van der Waals surface area contributed by atoms with E-state index in [9.17, 15) is 26.3 Å². The van der Waals surface area contributed by atoms with Crippen LogP contribution < -0.4 is 0 Å². The average molecular weight is 547 g/mol. The molecule has 1 aromatic heterocycles. The number of carboxylic acid groups (broad SMARTS) is 2. The number of likely N-dealkylation sites (tertiary alicyclic amines) is 2. The summed E-state index contributed by atoms with van der Waals surface area (Å²) in [5.74, 6) is -4.05. The number of carbonyl (C=O) groups is 2. The molecule has 0 spiro atoms. The number of aliphatic carboxylic acids is 2. The Hall–Kier alpha value is -2.39. The van der Waals surface area contributed by atoms with Crippen molar-refractivity contribution in [3.05, 3.63) is 17.5 Å². The second-order valence-corrected chi connectivity index (χ2v) is 9.36. The van der Waals surface area contributed by atoms with Gasteiger partial charge in [-0.25, -0.2) is 9.59 Å². The van der Waals surface area contributed by atoms with Crippen molar-refractivity contribution in [1.29, 1.82) is 0 Å². The molecule has 0 unspecified atom stereocenters. The molecule has 0 aromatic carbocycles. The van der Waals surface area contributed by atoms with Crippen LogP contribution in [0.25, 0.3) is 0 Å². The van der Waals surface area contributed by atoms with E-state index in [1.54, 1.807) is 0 Å². The molecule has 3 fully saturated rings. The predicted molar refractivity (Wildman–Crippen MR) is 118 cm³/mol. The van der Waals surface area contributed by atoms with Crippen molar-refractivity contribution in [2.45, 2.75) is 51.2 Å². The van der Waals surface area contributed by atoms with Crippen LogP contribution in [-0.4, -0.2) is 99.5 Å². The Kier molecular flexibility index (Phi) is 10.8. The second-order valence-electron chi connectivity index (χ2n) is 9.36. The Balaban J connectivity index is 0.000000286. The second kappa shape index (κ2) is 12.9. The lowest BCUT2D eigenvalue weighted by Gasteiger charge is -2.30. The number of alkyl halides is 6. The van der Waals surface area contributed by atoms with Gasteiger partial charge < -0.3 is 19.8 Å². The molecule has 0 saturated carbocycles. The van der Waals surface area contributed by atoms with Crippen LogP contribution in [0.5, 0.6) is 0 Å². The van der Waals surface area contributed by atoms with Gasteiger partial charge in [-0.1, -0.05) is 6.42 Å². The molecule has 4 rings (SSSR count). The Morgan fingerprint density at radius 1 is 1.00 bits per heavy atom. The summed E-state index contributed by atoms with van der Waals surface area (Å²) in [5.41, 5.74) is 2.43. The number of hydrogen-bond acceptors (Lipinski definition) is 6. The van der Waals surface area contributed by atoms with E-state index in [0.717, 1.165) is 37.2 Å². The first-order valence-corrected chi connectivity index (χ1v) is 11.7. The van der Waals surface area contributed by atoms with Crippen molar-refractivity contribution in [2.24, 2.45) is 18.9 Å². The van der Waals surface area contributed by atoms with Crippen molar-refractivity contribution < 1.29 is 50.9 Å². The largest absolute Gasteiger partial charge is 0.490 e. The van der Waals surface area contributed by atoms with Crippen LogP contribution in [0, 0.1) is 18.8 Å². The quantitative estimate of drug-likeness (QED) is 0.556. The van der Waals surface area contributed by atoms with Gasteiger partial charge in [0.25, 0.3) is 0 Å². The number of carboxylic acids is 2. The summed E-state index contributed by atoms with van der Waals surface area (Å²) < 4.78 is 71.6. The smallest absolute Gasteiger partial charge is 0.475 e. The van der Waals surface area contributed by atoms with Crippen LogP contribution in [0.4, 0.5) is 26.3 Å². The standard InChI is InChI=1S/C18H30N4O.2C2HF3O2/c1-14-8-16(20(2)19-14)10-22-11-17-15(13-23-18(17)12-22)9-21-6-4-3-5-7-21;2*3-2(4,5)1(6)7/h8,15,17-18H,3-7,9-13H2,1-2H3;2*(H,6,7)/t15-,17+,18+;;/m0../s1. The average Bonchev–Trinajstić information content (AvgIpc) is 3.44. The van der Waals surface area contributed by atoms with Gasteiger partial charge in [0.15, 0.2) is 0 Å². The minimum atomic E-state index is -5.08. The summed E-state index contributed by atoms with van der Waals surface area (Å²) >= 11 is 0. The summed E-state index contributed by atoms with van der Waals surface area (Å²) in [6.45, 7) is 10.2. The van der Waals surface area contributed by atoms with Gasteiger partial charge in [-0.15, -0.1) is 0 Å². The van der Waals surface area contributed by atoms with Crippen LogP contribution in [0.3, 0.4) is 0 Å². The SMILES string of the molecule is Cc1cc(CN2C[C@@H]3[C@@H](CN4CCCCC4)CO[C@@H]3C2)n(C)n1.O=C(O)C(F)(F)F.O=C(O)C(F)(F)F. The fraction of sp³-hybridized carbons (Fsp3) is 0.773. The molecule has 0 aliphatic carbocycles. The summed E-state index contributed by atoms with van der Waals surface area (Å²) in [4.78, 5) is 23.0. The Bertz CT molecular complexity index is 877. The van der Waals surface area contributed by atoms with Gasteiger partial charge >= 0.3 is 24.3 Å². The molecule has 2 N–H and O–H groups in total. The molecular weight excluding hydrogens is 514 g/mol. The van der Waals surface area contributed by atoms with Crippen LogP contribution >= 0.6 is 0 Å². The number of nitrogens with zero attached hydrogens (tertiary/aromatic N) is 4. The summed E-state index contributed by atoms with van der Waals surface area (Å²) in [7, 11) is 2.05. The molecular formula is C22H32F6N4O5. The maximum Gasteiger partial charge on any atom is 0.490 e. The van der Waals surface area contributed by atoms with Gasteiger partial charge in [0.1, 0.15) is 0 Å². The van der Waals surface area contributed by atoms with Crippen LogP contribution in [0.2, 0.25) is 0 Å². The highest BCUT2D eigenvalue weighted by Gasteiger charge is 2.44. The molecule has 212 valence electrons. The van der Waals surface area contributed by atoms with Crippen molar-refractivity contribution in [2.75, 3.05) is 39.3 Å². The van der Waals surface area contributed by atoms with Gasteiger partial charge in [-0.3, -0.25) is 9.58 Å². The third kappa shape index (κ3) is 9.78. The van der Waals surface area contributed by atoms with Gasteiger partial charge in [0.05, 0.1) is 24.1 Å². The molecule has 0 radical (unpaired) electrons. The minimum absolute atomic E-state index is 0.458. The number of hydrogen-bond donors (Lipinski definition) is 2. The molecule has 37 heavy (non-hydrogen) atoms. The number of ether oxygens (including phenoxy) is 1. The van der Waals surface area contributed by atoms with Crippen LogP contribution in [-0.2, 0) is 27.9 Å². The molecule has 9 nitrogen and oxygen atoms in total. The van der Waals surface area contributed by atoms with E-state index in [2.05, 4.69) is 34.9 Å². The molecule has 1 aromatic rings. The molecule has 3 aliphatic rings. The van der Waals surface area contributed by atoms with Gasteiger partial charge in [0, 0.05) is 45.1 Å². The zero-order chi connectivity index (χ0) is 28.0. The van der Waals surface area contributed by atoms with E-state index in [0.29, 0.717) is 6.10 Å². The normalized spacial score (nSPS) is 24.5. The highest BCUT2D eigenvalue weighted by atomic mass is 19.4. The summed E-state index contributed by atoms with van der Waals surface area (Å²) in [6, 6.07) is 2.21. The highest BCUT2D eigenvalue weighted by Crippen LogP contribution is 2.35. The number of piperidine rings is 1. The zero-order valence-corrected chi connectivity index (χ0v) is 20.6. The minimum Gasteiger partial charge on any atom is -0.475 e. The van der Waals surface area contributed by atoms with Crippen LogP contribution in [0.1, 0.15) is 30.7 Å². The van der Waals surface area contributed by atoms with Gasteiger partial charge in [-0.2, -0.15) is 31.4 Å². The van der Waals surface area contributed by atoms with E-state index in [1.165, 1.54) is 51.1 Å². The van der Waals surface area contributed by atoms with Crippen molar-refractivity contribution in [3.63, 3.8) is 0 Å². The molecule has 0 amide bonds. The number of fused-ring (bicyclic) bond motifs is 1. The molecule has 4 heterocycles. The molecule has 3 aliphatic heterocycles. The summed E-state index contributed by atoms with van der Waals surface area (Å²) in [5, 5.41) is 18.7. The zero-order valence-electron chi connectivity index (χ0n) is 20.6. The van der Waals surface area contributed by atoms with Gasteiger partial charge in [-0.05, 0) is 38.9 Å². The topological polar surface area (TPSA) is 108 Å². The first-order chi connectivity index (χ1) is 17.1. The van der Waals surface area contributed by atoms with Crippen LogP contribution in [0.15, 0.2) is 6.07 Å². The monoisotopic (exact) mass is 546 g/mol. The Morgan fingerprint density at radius 2 is 1.54 bits per heavy atom. The number of halogens is 6. The molecule has 0 bridgehead atoms. The highest BCUT2D eigenvalue weighted by molar-refractivity contribution is 5.73. The number of aromatic nitrogens is 2. The number of rotatable bonds is 4. The van der Waals surface area contributed by atoms with Crippen molar-refractivity contribution >= 4 is 11.9 Å². The fourth-order valence-corrected chi connectivity index (χ4v) is 4.71. The molecule has 3 saturated heterocycles. The lowest BCUT2D eigenvalue weighted by atomic mass is 9.92. The number of aryl methyl sites for hydroxylation is 2. The lowest BCUT2D eigenvalue weighted by Crippen LogP contribution is -2.37. The molecule has 15 heteroatoms. The Morgan fingerprint density at radius 3 is 2.00 bits per heavy atom. The van der Waals surface area contributed by atoms with E-state index in [-0.39, 0.29) is 0 Å². The predicted octanol–water partition coefficient (Wildman–Crippen LogP) is 2.93. The van der Waals surface area contributed by atoms with Crippen molar-refractivity contribution in [3.8, 4) is 0 Å². The van der Waals surface area contributed by atoms with E-state index in [4.69, 9.17) is 24.5 Å². The first kappa shape index (κ1) is 30.8. The third-order valence-electron chi connectivity index (χ3n) is 6.43. The maximum atomic E-state index is 10.6. The lowest BCUT2D eigenvalue weighted by molar-refractivity contribution is -0.193. The first-order valence-electron chi connectivity index (χ1n) is 11.7. The van der Waals surface area contributed by atoms with Gasteiger partial charge in [0.2, 0.25) is 0 Å². The van der Waals surface area contributed by atoms with E-state index in [1.807, 2.05) is 4.68 Å².